The number of nitro benzene ring substituents is 1. The van der Waals surface area contributed by atoms with E-state index in [1.54, 1.807) is 46.4 Å². The number of hydrogen-bond acceptors (Lipinski definition) is 15. The minimum absolute atomic E-state index is 0.0219. The van der Waals surface area contributed by atoms with E-state index < -0.39 is 131 Å². The van der Waals surface area contributed by atoms with Crippen molar-refractivity contribution in [3.8, 4) is 0 Å². The standard InChI is InChI=1S/C48H79N11O15/c1-11-28(8)40(46(69)54-35(21-26(4)5)45(68)57-41(30(10)60)47(70)56-39(27(6)7)48(71)72)55-36(61)22-51-37(62)24-58(23-31-12-14-32(15-13-31)59(73)74)19-18-50-42(65)29(9)52-44(67)34(20-25(2)3)53-43(66)33(49)16-17-38(63)64/h12-15,25-30,33-35,39-41,60H,11,16-24,49H2,1-10H3,(H,50,65)(H,51,62)(H,52,67)(H,53,66)(H,54,69)(H,55,61)(H,56,70)(H,57,68)(H,63,64)(H,71,72)/t28-,29-,30+,33-,34-,35-,39-,40-,41-/m0/s1. The topological polar surface area (TPSA) is 400 Å². The Kier molecular flexibility index (Phi) is 28.6. The van der Waals surface area contributed by atoms with Crippen LogP contribution in [0.2, 0.25) is 0 Å². The number of carbonyl (C=O) groups excluding carboxylic acids is 8. The zero-order valence-corrected chi connectivity index (χ0v) is 44.0. The number of nitrogens with two attached hydrogens (primary N) is 1. The number of benzene rings is 1. The Morgan fingerprint density at radius 2 is 1.19 bits per heavy atom. The van der Waals surface area contributed by atoms with Gasteiger partial charge in [-0.25, -0.2) is 4.79 Å². The highest BCUT2D eigenvalue weighted by atomic mass is 16.6. The molecule has 416 valence electrons. The van der Waals surface area contributed by atoms with Crippen LogP contribution in [0, 0.1) is 33.8 Å². The summed E-state index contributed by atoms with van der Waals surface area (Å²) in [6, 6.07) is -3.23. The summed E-state index contributed by atoms with van der Waals surface area (Å²) in [7, 11) is 0. The summed E-state index contributed by atoms with van der Waals surface area (Å²) in [5.74, 6) is -9.76. The van der Waals surface area contributed by atoms with E-state index in [0.717, 1.165) is 0 Å². The number of hydrogen-bond donors (Lipinski definition) is 12. The van der Waals surface area contributed by atoms with Crippen molar-refractivity contribution in [1.82, 2.24) is 47.4 Å². The van der Waals surface area contributed by atoms with E-state index in [-0.39, 0.29) is 69.4 Å². The van der Waals surface area contributed by atoms with Gasteiger partial charge in [-0.05, 0) is 62.3 Å². The van der Waals surface area contributed by atoms with E-state index in [0.29, 0.717) is 12.0 Å². The Morgan fingerprint density at radius 1 is 0.662 bits per heavy atom. The lowest BCUT2D eigenvalue weighted by Crippen LogP contribution is -2.61. The maximum Gasteiger partial charge on any atom is 0.326 e. The van der Waals surface area contributed by atoms with Crippen LogP contribution in [0.1, 0.15) is 107 Å². The number of nitrogens with one attached hydrogen (secondary N) is 8. The third-order valence-corrected chi connectivity index (χ3v) is 11.6. The predicted molar refractivity (Wildman–Crippen MR) is 269 cm³/mol. The van der Waals surface area contributed by atoms with E-state index >= 15 is 0 Å². The van der Waals surface area contributed by atoms with Crippen LogP contribution in [0.3, 0.4) is 0 Å². The van der Waals surface area contributed by atoms with Crippen molar-refractivity contribution in [2.75, 3.05) is 26.2 Å². The Morgan fingerprint density at radius 3 is 1.68 bits per heavy atom. The number of nitrogens with zero attached hydrogens (tertiary/aromatic N) is 2. The van der Waals surface area contributed by atoms with Gasteiger partial charge in [0.25, 0.3) is 5.69 Å². The number of carbonyl (C=O) groups is 10. The zero-order valence-electron chi connectivity index (χ0n) is 44.0. The first-order chi connectivity index (χ1) is 34.5. The van der Waals surface area contributed by atoms with Crippen LogP contribution in [0.4, 0.5) is 5.69 Å². The number of rotatable bonds is 34. The number of nitro groups is 1. The van der Waals surface area contributed by atoms with Gasteiger partial charge in [0.1, 0.15) is 36.3 Å². The molecular formula is C48H79N11O15. The second-order valence-electron chi connectivity index (χ2n) is 19.6. The quantitative estimate of drug-likeness (QED) is 0.0291. The number of non-ortho nitro benzene ring substituents is 1. The molecule has 0 spiro atoms. The first-order valence-corrected chi connectivity index (χ1v) is 24.7. The van der Waals surface area contributed by atoms with Crippen molar-refractivity contribution in [2.45, 2.75) is 156 Å². The molecule has 0 fully saturated rings. The highest BCUT2D eigenvalue weighted by Gasteiger charge is 2.35. The second kappa shape index (κ2) is 32.4. The molecule has 26 nitrogen and oxygen atoms in total. The summed E-state index contributed by atoms with van der Waals surface area (Å²) in [5.41, 5.74) is 6.21. The third-order valence-electron chi connectivity index (χ3n) is 11.6. The third kappa shape index (κ3) is 24.3. The van der Waals surface area contributed by atoms with Crippen LogP contribution in [0.5, 0.6) is 0 Å². The van der Waals surface area contributed by atoms with Gasteiger partial charge >= 0.3 is 11.9 Å². The van der Waals surface area contributed by atoms with Gasteiger partial charge < -0.3 is 63.6 Å². The Balaban J connectivity index is 3.13. The van der Waals surface area contributed by atoms with E-state index in [1.165, 1.54) is 38.1 Å². The van der Waals surface area contributed by atoms with Crippen molar-refractivity contribution < 1.29 is 68.2 Å². The molecule has 1 aromatic carbocycles. The lowest BCUT2D eigenvalue weighted by Gasteiger charge is -2.29. The highest BCUT2D eigenvalue weighted by Crippen LogP contribution is 2.15. The second-order valence-corrected chi connectivity index (χ2v) is 19.6. The summed E-state index contributed by atoms with van der Waals surface area (Å²) in [6.07, 6.45) is -1.34. The summed E-state index contributed by atoms with van der Waals surface area (Å²) in [4.78, 5) is 141. The van der Waals surface area contributed by atoms with Crippen molar-refractivity contribution in [2.24, 2.45) is 29.4 Å². The average Bonchev–Trinajstić information content (AvgIpc) is 3.30. The minimum Gasteiger partial charge on any atom is -0.481 e. The average molecular weight is 1050 g/mol. The van der Waals surface area contributed by atoms with Gasteiger partial charge in [-0.1, -0.05) is 73.9 Å². The number of aliphatic hydroxyl groups is 1. The fourth-order valence-electron chi connectivity index (χ4n) is 7.20. The predicted octanol–water partition coefficient (Wildman–Crippen LogP) is -0.990. The molecule has 13 N–H and O–H groups in total. The fourth-order valence-corrected chi connectivity index (χ4v) is 7.20. The number of carboxylic acid groups (broad SMARTS) is 2. The summed E-state index contributed by atoms with van der Waals surface area (Å²) >= 11 is 0. The summed E-state index contributed by atoms with van der Waals surface area (Å²) < 4.78 is 0. The number of aliphatic carboxylic acids is 2. The van der Waals surface area contributed by atoms with Crippen LogP contribution < -0.4 is 48.3 Å². The molecule has 9 atom stereocenters. The van der Waals surface area contributed by atoms with Crippen LogP contribution in [-0.2, 0) is 54.5 Å². The first-order valence-electron chi connectivity index (χ1n) is 24.7. The monoisotopic (exact) mass is 1050 g/mol. The number of amides is 8. The maximum absolute atomic E-state index is 13.8. The molecule has 0 aliphatic carbocycles. The van der Waals surface area contributed by atoms with Gasteiger partial charge in [0, 0.05) is 38.2 Å². The van der Waals surface area contributed by atoms with E-state index in [2.05, 4.69) is 42.5 Å². The van der Waals surface area contributed by atoms with Crippen molar-refractivity contribution in [1.29, 1.82) is 0 Å². The summed E-state index contributed by atoms with van der Waals surface area (Å²) in [5, 5.41) is 60.4. The molecule has 0 saturated carbocycles. The SMILES string of the molecule is CC[C@H](C)[C@H](NC(=O)CNC(=O)CN(CCNC(=O)[C@H](C)NC(=O)[C@H](CC(C)C)NC(=O)[C@@H](N)CCC(=O)O)Cc1ccc([N+](=O)[O-])cc1)C(=O)N[C@@H](CC(C)C)C(=O)N[C@H](C(=O)N[C@H](C(=O)O)C(C)C)[C@@H](C)O. The lowest BCUT2D eigenvalue weighted by molar-refractivity contribution is -0.384. The van der Waals surface area contributed by atoms with E-state index in [1.807, 2.05) is 13.8 Å². The van der Waals surface area contributed by atoms with Gasteiger partial charge in [0.05, 0.1) is 30.2 Å². The normalized spacial score (nSPS) is 15.0. The van der Waals surface area contributed by atoms with Crippen LogP contribution >= 0.6 is 0 Å². The molecule has 1 rings (SSSR count). The van der Waals surface area contributed by atoms with E-state index in [9.17, 15) is 68.3 Å². The number of aliphatic hydroxyl groups excluding tert-OH is 1. The molecule has 0 heterocycles. The minimum atomic E-state index is -1.58. The van der Waals surface area contributed by atoms with Gasteiger partial charge in [0.15, 0.2) is 0 Å². The van der Waals surface area contributed by atoms with Gasteiger partial charge in [-0.15, -0.1) is 0 Å². The largest absolute Gasteiger partial charge is 0.481 e. The maximum atomic E-state index is 13.8. The van der Waals surface area contributed by atoms with Crippen LogP contribution in [-0.4, -0.2) is 159 Å². The molecule has 8 amide bonds. The Labute approximate surface area is 431 Å². The van der Waals surface area contributed by atoms with Gasteiger partial charge in [-0.2, -0.15) is 0 Å². The summed E-state index contributed by atoms with van der Waals surface area (Å²) in [6.45, 7) is 15.5. The molecule has 0 saturated heterocycles. The van der Waals surface area contributed by atoms with E-state index in [4.69, 9.17) is 10.8 Å². The van der Waals surface area contributed by atoms with Gasteiger partial charge in [0.2, 0.25) is 47.3 Å². The van der Waals surface area contributed by atoms with Crippen molar-refractivity contribution in [3.63, 3.8) is 0 Å². The zero-order chi connectivity index (χ0) is 56.6. The van der Waals surface area contributed by atoms with Gasteiger partial charge in [-0.3, -0.25) is 58.2 Å². The first kappa shape index (κ1) is 65.2. The molecule has 0 bridgehead atoms. The molecule has 0 aromatic heterocycles. The number of carboxylic acids is 2. The molecule has 0 radical (unpaired) electrons. The molecule has 74 heavy (non-hydrogen) atoms. The molecule has 0 aliphatic heterocycles. The van der Waals surface area contributed by atoms with Crippen molar-refractivity contribution >= 4 is 64.9 Å². The highest BCUT2D eigenvalue weighted by molar-refractivity contribution is 5.96. The Hall–Kier alpha value is -6.80. The molecule has 0 aliphatic rings. The molecule has 26 heteroatoms. The molecule has 0 unspecified atom stereocenters. The van der Waals surface area contributed by atoms with Crippen LogP contribution in [0.25, 0.3) is 0 Å². The Bertz CT molecular complexity index is 2090. The molecule has 1 aromatic rings. The van der Waals surface area contributed by atoms with Crippen LogP contribution in [0.15, 0.2) is 24.3 Å². The fraction of sp³-hybridized carbons (Fsp3) is 0.667. The lowest BCUT2D eigenvalue weighted by atomic mass is 9.96. The van der Waals surface area contributed by atoms with Crippen molar-refractivity contribution in [3.05, 3.63) is 39.9 Å². The molecular weight excluding hydrogens is 971 g/mol. The smallest absolute Gasteiger partial charge is 0.326 e.